The van der Waals surface area contributed by atoms with Crippen LogP contribution in [-0.2, 0) is 24.4 Å². The van der Waals surface area contributed by atoms with Crippen molar-refractivity contribution in [3.05, 3.63) is 128 Å². The van der Waals surface area contributed by atoms with Gasteiger partial charge in [-0.05, 0) is 86.5 Å². The predicted molar refractivity (Wildman–Crippen MR) is 195 cm³/mol. The Morgan fingerprint density at radius 3 is 2.50 bits per heavy atom. The van der Waals surface area contributed by atoms with Gasteiger partial charge in [0.05, 0.1) is 36.3 Å². The van der Waals surface area contributed by atoms with Crippen LogP contribution in [0.2, 0.25) is 0 Å². The molecule has 0 saturated carbocycles. The van der Waals surface area contributed by atoms with Gasteiger partial charge >= 0.3 is 5.69 Å². The minimum atomic E-state index is -0.419. The van der Waals surface area contributed by atoms with Crippen LogP contribution >= 0.6 is 15.9 Å². The molecule has 256 valence electrons. The Labute approximate surface area is 298 Å². The van der Waals surface area contributed by atoms with Gasteiger partial charge in [0, 0.05) is 59.7 Å². The lowest BCUT2D eigenvalue weighted by molar-refractivity contribution is 0.0532. The highest BCUT2D eigenvalue weighted by molar-refractivity contribution is 9.10. The van der Waals surface area contributed by atoms with Crippen molar-refractivity contribution < 1.29 is 14.3 Å². The Hall–Kier alpha value is -5.07. The van der Waals surface area contributed by atoms with E-state index in [9.17, 15) is 14.4 Å². The number of benzene rings is 3. The van der Waals surface area contributed by atoms with Crippen LogP contribution in [0.5, 0.6) is 0 Å². The third-order valence-electron chi connectivity index (χ3n) is 9.44. The first-order valence-electron chi connectivity index (χ1n) is 16.7. The maximum absolute atomic E-state index is 14.4. The average molecular weight is 737 g/mol. The first-order chi connectivity index (χ1) is 24.2. The Bertz CT molecular complexity index is 2110. The van der Waals surface area contributed by atoms with Crippen LogP contribution < -0.4 is 15.9 Å². The molecule has 0 radical (unpaired) electrons. The third kappa shape index (κ3) is 6.48. The number of rotatable bonds is 7. The summed E-state index contributed by atoms with van der Waals surface area (Å²) in [6.45, 7) is 8.64. The Morgan fingerprint density at radius 2 is 1.76 bits per heavy atom. The van der Waals surface area contributed by atoms with Gasteiger partial charge in [0.2, 0.25) is 0 Å². The Kier molecular flexibility index (Phi) is 9.39. The quantitative estimate of drug-likeness (QED) is 0.239. The zero-order chi connectivity index (χ0) is 34.9. The van der Waals surface area contributed by atoms with Crippen LogP contribution in [-0.4, -0.2) is 67.9 Å². The molecule has 0 spiro atoms. The number of hydrogen-bond acceptors (Lipinski definition) is 7. The second-order valence-corrected chi connectivity index (χ2v) is 13.7. The van der Waals surface area contributed by atoms with Gasteiger partial charge in [0.25, 0.3) is 11.8 Å². The van der Waals surface area contributed by atoms with E-state index in [2.05, 4.69) is 43.3 Å². The summed E-state index contributed by atoms with van der Waals surface area (Å²) in [5, 5.41) is 11.4. The lowest BCUT2D eigenvalue weighted by Gasteiger charge is -2.34. The predicted octanol–water partition coefficient (Wildman–Crippen LogP) is 5.37. The molecule has 1 saturated heterocycles. The van der Waals surface area contributed by atoms with Crippen molar-refractivity contribution in [3.8, 4) is 16.9 Å². The van der Waals surface area contributed by atoms with Crippen LogP contribution in [0.15, 0.2) is 94.3 Å². The third-order valence-corrected chi connectivity index (χ3v) is 10.3. The van der Waals surface area contributed by atoms with Crippen molar-refractivity contribution >= 4 is 33.4 Å². The molecule has 5 aromatic rings. The van der Waals surface area contributed by atoms with Crippen LogP contribution in [0.3, 0.4) is 0 Å². The highest BCUT2D eigenvalue weighted by Gasteiger charge is 2.35. The van der Waals surface area contributed by atoms with Crippen LogP contribution in [0.4, 0.5) is 5.69 Å². The van der Waals surface area contributed by atoms with Gasteiger partial charge in [-0.15, -0.1) is 0 Å². The van der Waals surface area contributed by atoms with Crippen molar-refractivity contribution in [1.82, 2.24) is 29.5 Å². The summed E-state index contributed by atoms with van der Waals surface area (Å²) in [5.41, 5.74) is 5.84. The fourth-order valence-corrected chi connectivity index (χ4v) is 7.05. The van der Waals surface area contributed by atoms with E-state index >= 15 is 0 Å². The molecule has 2 unspecified atom stereocenters. The SMILES string of the molecule is Cc1cc(C(=O)N2Cc3c(C(=O)NCc4ccccc4-c4cccnn4)n(-c4ccc(N5CCOC(C)C5)cc4)c(=O)n3CC2C)ccc1Br. The summed E-state index contributed by atoms with van der Waals surface area (Å²) in [5.74, 6) is -0.579. The first-order valence-corrected chi connectivity index (χ1v) is 17.5. The number of carbonyl (C=O) groups excluding carboxylic acids is 2. The monoisotopic (exact) mass is 735 g/mol. The summed E-state index contributed by atoms with van der Waals surface area (Å²) in [6.07, 6.45) is 1.73. The zero-order valence-corrected chi connectivity index (χ0v) is 29.8. The molecule has 1 fully saturated rings. The molecule has 2 aliphatic heterocycles. The van der Waals surface area contributed by atoms with Gasteiger partial charge < -0.3 is 19.9 Å². The Balaban J connectivity index is 1.26. The first kappa shape index (κ1) is 33.4. The highest BCUT2D eigenvalue weighted by atomic mass is 79.9. The van der Waals surface area contributed by atoms with E-state index in [-0.39, 0.29) is 49.1 Å². The number of fused-ring (bicyclic) bond motifs is 1. The van der Waals surface area contributed by atoms with Gasteiger partial charge in [-0.3, -0.25) is 18.7 Å². The molecule has 7 rings (SSSR count). The summed E-state index contributed by atoms with van der Waals surface area (Å²) in [6, 6.07) is 24.3. The fourth-order valence-electron chi connectivity index (χ4n) is 6.80. The molecule has 2 aromatic heterocycles. The smallest absolute Gasteiger partial charge is 0.333 e. The molecular formula is C38H38BrN7O4. The lowest BCUT2D eigenvalue weighted by Crippen LogP contribution is -2.47. The number of aryl methyl sites for hydroxylation is 1. The fraction of sp³-hybridized carbons (Fsp3) is 0.289. The van der Waals surface area contributed by atoms with E-state index in [1.807, 2.05) is 86.6 Å². The van der Waals surface area contributed by atoms with Gasteiger partial charge in [-0.25, -0.2) is 4.79 Å². The topological polar surface area (TPSA) is 115 Å². The summed E-state index contributed by atoms with van der Waals surface area (Å²) >= 11 is 3.52. The molecular weight excluding hydrogens is 698 g/mol. The average Bonchev–Trinajstić information content (AvgIpc) is 3.42. The molecule has 2 atom stereocenters. The molecule has 2 aliphatic rings. The highest BCUT2D eigenvalue weighted by Crippen LogP contribution is 2.28. The molecule has 12 heteroatoms. The number of carbonyl (C=O) groups is 2. The van der Waals surface area contributed by atoms with Crippen LogP contribution in [0.1, 0.15) is 51.5 Å². The summed E-state index contributed by atoms with van der Waals surface area (Å²) in [4.78, 5) is 46.5. The van der Waals surface area contributed by atoms with Crippen molar-refractivity contribution in [2.24, 2.45) is 0 Å². The minimum absolute atomic E-state index is 0.0973. The number of hydrogen-bond donors (Lipinski definition) is 1. The normalized spacial score (nSPS) is 17.4. The van der Waals surface area contributed by atoms with Gasteiger partial charge in [-0.1, -0.05) is 40.2 Å². The van der Waals surface area contributed by atoms with E-state index in [0.29, 0.717) is 29.2 Å². The standard InChI is InChI=1S/C38H38BrN7O4/c1-24-19-27(10-15-32(24)39)37(48)44-23-34-35(36(47)40-20-28-7-4-5-8-31(28)33-9-6-16-41-42-33)46(38(49)45(34)21-25(44)2)30-13-11-29(12-14-30)43-17-18-50-26(3)22-43/h4-16,19,25-26H,17-18,20-23H2,1-3H3,(H,40,47). The number of ether oxygens (including phenoxy) is 1. The molecule has 11 nitrogen and oxygen atoms in total. The van der Waals surface area contributed by atoms with Crippen molar-refractivity contribution in [1.29, 1.82) is 0 Å². The molecule has 1 N–H and O–H groups in total. The number of amides is 2. The van der Waals surface area contributed by atoms with E-state index < -0.39 is 5.91 Å². The van der Waals surface area contributed by atoms with Crippen molar-refractivity contribution in [3.63, 3.8) is 0 Å². The molecule has 50 heavy (non-hydrogen) atoms. The van der Waals surface area contributed by atoms with Gasteiger partial charge in [0.15, 0.2) is 0 Å². The summed E-state index contributed by atoms with van der Waals surface area (Å²) in [7, 11) is 0. The van der Waals surface area contributed by atoms with Crippen molar-refractivity contribution in [2.75, 3.05) is 24.6 Å². The largest absolute Gasteiger partial charge is 0.375 e. The second-order valence-electron chi connectivity index (χ2n) is 12.9. The molecule has 3 aromatic carbocycles. The number of nitrogens with zero attached hydrogens (tertiary/aromatic N) is 6. The number of anilines is 1. The number of aromatic nitrogens is 4. The number of nitrogens with one attached hydrogen (secondary N) is 1. The minimum Gasteiger partial charge on any atom is -0.375 e. The molecule has 2 amide bonds. The zero-order valence-electron chi connectivity index (χ0n) is 28.2. The van der Waals surface area contributed by atoms with E-state index in [4.69, 9.17) is 4.74 Å². The van der Waals surface area contributed by atoms with E-state index in [1.165, 1.54) is 4.57 Å². The number of morpholine rings is 1. The number of imidazole rings is 1. The second kappa shape index (κ2) is 14.0. The molecule has 0 bridgehead atoms. The maximum Gasteiger partial charge on any atom is 0.333 e. The van der Waals surface area contributed by atoms with E-state index in [0.717, 1.165) is 39.9 Å². The number of halogens is 1. The van der Waals surface area contributed by atoms with Crippen LogP contribution in [0, 0.1) is 6.92 Å². The van der Waals surface area contributed by atoms with Gasteiger partial charge in [-0.2, -0.15) is 10.2 Å². The van der Waals surface area contributed by atoms with Crippen LogP contribution in [0.25, 0.3) is 16.9 Å². The molecule has 4 heterocycles. The summed E-state index contributed by atoms with van der Waals surface area (Å²) < 4.78 is 9.76. The van der Waals surface area contributed by atoms with E-state index in [1.54, 1.807) is 21.7 Å². The van der Waals surface area contributed by atoms with Crippen molar-refractivity contribution in [2.45, 2.75) is 52.6 Å². The maximum atomic E-state index is 14.4. The molecule has 0 aliphatic carbocycles. The lowest BCUT2D eigenvalue weighted by atomic mass is 10.0. The van der Waals surface area contributed by atoms with Gasteiger partial charge in [0.1, 0.15) is 5.69 Å². The Morgan fingerprint density at radius 1 is 0.980 bits per heavy atom.